The van der Waals surface area contributed by atoms with Crippen LogP contribution in [0.4, 0.5) is 10.8 Å². The van der Waals surface area contributed by atoms with Crippen LogP contribution in [0, 0.1) is 5.92 Å². The van der Waals surface area contributed by atoms with E-state index >= 15 is 0 Å². The van der Waals surface area contributed by atoms with Crippen molar-refractivity contribution in [2.24, 2.45) is 5.92 Å². The molecule has 1 atom stereocenters. The molecule has 1 aliphatic heterocycles. The Labute approximate surface area is 202 Å². The van der Waals surface area contributed by atoms with Crippen LogP contribution in [0.2, 0.25) is 0 Å². The third-order valence-corrected chi connectivity index (χ3v) is 6.62. The van der Waals surface area contributed by atoms with Gasteiger partial charge in [-0.25, -0.2) is 0 Å². The largest absolute Gasteiger partial charge is 0.339 e. The number of carbonyl (C=O) groups excluding carboxylic acids is 3. The van der Waals surface area contributed by atoms with Gasteiger partial charge in [-0.05, 0) is 50.1 Å². The highest BCUT2D eigenvalue weighted by atomic mass is 32.1. The fourth-order valence-corrected chi connectivity index (χ4v) is 4.56. The first kappa shape index (κ1) is 23.6. The lowest BCUT2D eigenvalue weighted by Crippen LogP contribution is -2.33. The number of rotatable bonds is 8. The Hall–Kier alpha value is -3.59. The molecule has 0 aliphatic carbocycles. The molecule has 176 valence electrons. The van der Waals surface area contributed by atoms with Crippen LogP contribution in [0.25, 0.3) is 0 Å². The summed E-state index contributed by atoms with van der Waals surface area (Å²) in [6, 6.07) is 16.9. The predicted octanol–water partition coefficient (Wildman–Crippen LogP) is 3.77. The molecule has 2 aromatic carbocycles. The summed E-state index contributed by atoms with van der Waals surface area (Å²) in [5.74, 6) is -0.850. The van der Waals surface area contributed by atoms with Crippen LogP contribution < -0.4 is 10.6 Å². The molecule has 9 heteroatoms. The minimum Gasteiger partial charge on any atom is -0.339 e. The zero-order valence-corrected chi connectivity index (χ0v) is 20.0. The van der Waals surface area contributed by atoms with Crippen molar-refractivity contribution in [1.82, 2.24) is 15.1 Å². The summed E-state index contributed by atoms with van der Waals surface area (Å²) in [5.41, 5.74) is 2.25. The maximum Gasteiger partial charge on any atom is 0.257 e. The number of nitrogens with one attached hydrogen (secondary N) is 2. The monoisotopic (exact) mass is 477 g/mol. The Morgan fingerprint density at radius 3 is 2.44 bits per heavy atom. The molecule has 1 saturated heterocycles. The van der Waals surface area contributed by atoms with Gasteiger partial charge >= 0.3 is 0 Å². The van der Waals surface area contributed by atoms with Crippen molar-refractivity contribution in [2.75, 3.05) is 17.2 Å². The number of benzene rings is 2. The summed E-state index contributed by atoms with van der Waals surface area (Å²) >= 11 is 1.36. The average Bonchev–Trinajstić information content (AvgIpc) is 3.45. The molecule has 3 aromatic rings. The van der Waals surface area contributed by atoms with Crippen LogP contribution in [-0.2, 0) is 22.4 Å². The van der Waals surface area contributed by atoms with Crippen LogP contribution in [0.1, 0.15) is 41.2 Å². The maximum absolute atomic E-state index is 12.6. The lowest BCUT2D eigenvalue weighted by molar-refractivity contribution is -0.129. The van der Waals surface area contributed by atoms with Crippen molar-refractivity contribution >= 4 is 39.9 Å². The van der Waals surface area contributed by atoms with E-state index in [0.29, 0.717) is 22.9 Å². The van der Waals surface area contributed by atoms with Crippen molar-refractivity contribution in [3.63, 3.8) is 0 Å². The number of carbonyl (C=O) groups is 3. The first-order valence-corrected chi connectivity index (χ1v) is 12.1. The van der Waals surface area contributed by atoms with E-state index < -0.39 is 0 Å². The first-order chi connectivity index (χ1) is 16.4. The molecule has 0 radical (unpaired) electrons. The van der Waals surface area contributed by atoms with Crippen molar-refractivity contribution in [2.45, 2.75) is 39.2 Å². The van der Waals surface area contributed by atoms with Gasteiger partial charge in [-0.1, -0.05) is 41.7 Å². The fraction of sp³-hybridized carbons (Fsp3) is 0.320. The molecule has 2 heterocycles. The number of aromatic nitrogens is 2. The van der Waals surface area contributed by atoms with Gasteiger partial charge in [0.1, 0.15) is 5.01 Å². The molecular formula is C25H27N5O3S. The van der Waals surface area contributed by atoms with Gasteiger partial charge in [0.2, 0.25) is 16.9 Å². The first-order valence-electron chi connectivity index (χ1n) is 11.3. The third-order valence-electron chi connectivity index (χ3n) is 5.72. The lowest BCUT2D eigenvalue weighted by atomic mass is 10.1. The molecule has 3 amide bonds. The minimum absolute atomic E-state index is 0.00192. The zero-order chi connectivity index (χ0) is 24.1. The van der Waals surface area contributed by atoms with Gasteiger partial charge in [-0.2, -0.15) is 0 Å². The normalized spacial score (nSPS) is 15.6. The highest BCUT2D eigenvalue weighted by Gasteiger charge is 2.35. The maximum atomic E-state index is 12.6. The second kappa shape index (κ2) is 10.6. The molecule has 1 fully saturated rings. The summed E-state index contributed by atoms with van der Waals surface area (Å²) in [6.45, 7) is 4.31. The summed E-state index contributed by atoms with van der Waals surface area (Å²) in [6.07, 6.45) is 1.84. The van der Waals surface area contributed by atoms with Gasteiger partial charge in [-0.15, -0.1) is 10.2 Å². The molecule has 8 nitrogen and oxygen atoms in total. The third kappa shape index (κ3) is 5.85. The molecule has 4 rings (SSSR count). The number of aryl methyl sites for hydroxylation is 2. The van der Waals surface area contributed by atoms with Gasteiger partial charge < -0.3 is 10.2 Å². The number of hydrogen-bond donors (Lipinski definition) is 2. The zero-order valence-electron chi connectivity index (χ0n) is 19.2. The van der Waals surface area contributed by atoms with E-state index in [4.69, 9.17) is 0 Å². The molecule has 0 saturated carbocycles. The Morgan fingerprint density at radius 2 is 1.76 bits per heavy atom. The lowest BCUT2D eigenvalue weighted by Gasteiger charge is -2.20. The van der Waals surface area contributed by atoms with Gasteiger partial charge in [0.25, 0.3) is 5.91 Å². The van der Waals surface area contributed by atoms with Crippen LogP contribution in [0.15, 0.2) is 54.6 Å². The van der Waals surface area contributed by atoms with Gasteiger partial charge in [-0.3, -0.25) is 19.7 Å². The van der Waals surface area contributed by atoms with E-state index in [2.05, 4.69) is 33.0 Å². The number of likely N-dealkylation sites (tertiary alicyclic amines) is 1. The molecule has 1 unspecified atom stereocenters. The van der Waals surface area contributed by atoms with Crippen molar-refractivity contribution in [3.8, 4) is 0 Å². The van der Waals surface area contributed by atoms with E-state index in [9.17, 15) is 14.4 Å². The number of hydrogen-bond acceptors (Lipinski definition) is 6. The summed E-state index contributed by atoms with van der Waals surface area (Å²) in [4.78, 5) is 38.9. The SMILES string of the molecule is CC(C)N1CC(C(=O)Nc2ccc(C(=O)Nc3nnc(CCc4ccccc4)s3)cc2)CC1=O. The quantitative estimate of drug-likeness (QED) is 0.514. The van der Waals surface area contributed by atoms with Crippen molar-refractivity contribution < 1.29 is 14.4 Å². The second-order valence-corrected chi connectivity index (χ2v) is 9.61. The Bertz CT molecular complexity index is 1160. The highest BCUT2D eigenvalue weighted by Crippen LogP contribution is 2.22. The Kier molecular flexibility index (Phi) is 7.32. The molecular weight excluding hydrogens is 450 g/mol. The van der Waals surface area contributed by atoms with E-state index in [1.54, 1.807) is 29.2 Å². The molecule has 1 aliphatic rings. The second-order valence-electron chi connectivity index (χ2n) is 8.55. The smallest absolute Gasteiger partial charge is 0.257 e. The Balaban J connectivity index is 1.28. The fourth-order valence-electron chi connectivity index (χ4n) is 3.83. The van der Waals surface area contributed by atoms with Gasteiger partial charge in [0, 0.05) is 36.7 Å². The standard InChI is InChI=1S/C25H27N5O3S/c1-16(2)30-15-19(14-22(30)31)24(33)26-20-11-9-18(10-12-20)23(32)27-25-29-28-21(34-25)13-8-17-6-4-3-5-7-17/h3-7,9-12,16,19H,8,13-15H2,1-2H3,(H,26,33)(H,27,29,32). The van der Waals surface area contributed by atoms with Crippen LogP contribution >= 0.6 is 11.3 Å². The van der Waals surface area contributed by atoms with Gasteiger partial charge in [0.15, 0.2) is 0 Å². The molecule has 0 bridgehead atoms. The summed E-state index contributed by atoms with van der Waals surface area (Å²) < 4.78 is 0. The number of amides is 3. The van der Waals surface area contributed by atoms with E-state index in [1.807, 2.05) is 32.0 Å². The summed E-state index contributed by atoms with van der Waals surface area (Å²) in [5, 5.41) is 15.2. The van der Waals surface area contributed by atoms with Crippen molar-refractivity contribution in [1.29, 1.82) is 0 Å². The number of anilines is 2. The Morgan fingerprint density at radius 1 is 1.03 bits per heavy atom. The molecule has 1 aromatic heterocycles. The van der Waals surface area contributed by atoms with Crippen LogP contribution in [0.3, 0.4) is 0 Å². The van der Waals surface area contributed by atoms with E-state index in [-0.39, 0.29) is 36.1 Å². The molecule has 0 spiro atoms. The van der Waals surface area contributed by atoms with E-state index in [0.717, 1.165) is 17.8 Å². The van der Waals surface area contributed by atoms with Crippen molar-refractivity contribution in [3.05, 3.63) is 70.7 Å². The average molecular weight is 478 g/mol. The van der Waals surface area contributed by atoms with Gasteiger partial charge in [0.05, 0.1) is 5.92 Å². The predicted molar refractivity (Wildman–Crippen MR) is 132 cm³/mol. The van der Waals surface area contributed by atoms with Crippen LogP contribution in [-0.4, -0.2) is 45.4 Å². The molecule has 34 heavy (non-hydrogen) atoms. The minimum atomic E-state index is -0.369. The van der Waals surface area contributed by atoms with Crippen LogP contribution in [0.5, 0.6) is 0 Å². The molecule has 2 N–H and O–H groups in total. The number of nitrogens with zero attached hydrogens (tertiary/aromatic N) is 3. The summed E-state index contributed by atoms with van der Waals surface area (Å²) in [7, 11) is 0. The van der Waals surface area contributed by atoms with E-state index in [1.165, 1.54) is 16.9 Å². The topological polar surface area (TPSA) is 104 Å². The highest BCUT2D eigenvalue weighted by molar-refractivity contribution is 7.15.